The third-order valence-corrected chi connectivity index (χ3v) is 7.86. The van der Waals surface area contributed by atoms with Crippen LogP contribution in [0.25, 0.3) is 15.9 Å². The number of nitrogens with one attached hydrogen (secondary N) is 1. The lowest BCUT2D eigenvalue weighted by atomic mass is 9.97. The van der Waals surface area contributed by atoms with Crippen molar-refractivity contribution in [3.05, 3.63) is 45.0 Å². The van der Waals surface area contributed by atoms with E-state index in [0.29, 0.717) is 5.16 Å². The number of fused-ring (bicyclic) bond motifs is 5. The van der Waals surface area contributed by atoms with Crippen LogP contribution in [-0.2, 0) is 17.6 Å². The van der Waals surface area contributed by atoms with Crippen LogP contribution < -0.4 is 5.32 Å². The van der Waals surface area contributed by atoms with E-state index >= 15 is 0 Å². The highest BCUT2D eigenvalue weighted by atomic mass is 79.9. The van der Waals surface area contributed by atoms with Gasteiger partial charge in [0, 0.05) is 9.35 Å². The Hall–Kier alpha value is -1.97. The van der Waals surface area contributed by atoms with Crippen molar-refractivity contribution in [2.45, 2.75) is 37.8 Å². The first-order valence-corrected chi connectivity index (χ1v) is 12.0. The number of aryl methyl sites for hydroxylation is 3. The maximum atomic E-state index is 12.4. The molecule has 6 nitrogen and oxygen atoms in total. The summed E-state index contributed by atoms with van der Waals surface area (Å²) in [6.45, 7) is 2.01. The number of thiophene rings is 1. The van der Waals surface area contributed by atoms with Crippen LogP contribution >= 0.6 is 39.0 Å². The van der Waals surface area contributed by atoms with E-state index < -0.39 is 0 Å². The average Bonchev–Trinajstić information content (AvgIpc) is 3.29. The van der Waals surface area contributed by atoms with Crippen molar-refractivity contribution in [1.82, 2.24) is 19.6 Å². The van der Waals surface area contributed by atoms with Crippen molar-refractivity contribution < 1.29 is 4.79 Å². The zero-order valence-electron chi connectivity index (χ0n) is 15.7. The van der Waals surface area contributed by atoms with Crippen LogP contribution in [0.3, 0.4) is 0 Å². The summed E-state index contributed by atoms with van der Waals surface area (Å²) < 4.78 is 2.78. The molecular formula is C20H18BrN5OS2. The van der Waals surface area contributed by atoms with Crippen molar-refractivity contribution in [3.8, 4) is 0 Å². The number of hydrogen-bond donors (Lipinski definition) is 1. The summed E-state index contributed by atoms with van der Waals surface area (Å²) in [7, 11) is 0. The second-order valence-electron chi connectivity index (χ2n) is 7.13. The largest absolute Gasteiger partial charge is 0.324 e. The Balaban J connectivity index is 1.37. The first kappa shape index (κ1) is 19.0. The fraction of sp³-hybridized carbons (Fsp3) is 0.300. The molecule has 5 rings (SSSR count). The molecule has 0 unspecified atom stereocenters. The van der Waals surface area contributed by atoms with Crippen LogP contribution in [0.4, 0.5) is 5.69 Å². The monoisotopic (exact) mass is 487 g/mol. The lowest BCUT2D eigenvalue weighted by molar-refractivity contribution is -0.113. The predicted octanol–water partition coefficient (Wildman–Crippen LogP) is 5.02. The number of rotatable bonds is 4. The smallest absolute Gasteiger partial charge is 0.234 e. The Morgan fingerprint density at radius 1 is 1.31 bits per heavy atom. The minimum atomic E-state index is -0.0850. The first-order chi connectivity index (χ1) is 14.1. The highest BCUT2D eigenvalue weighted by Gasteiger charge is 2.21. The summed E-state index contributed by atoms with van der Waals surface area (Å²) in [6, 6.07) is 5.85. The van der Waals surface area contributed by atoms with E-state index in [1.807, 2.05) is 29.5 Å². The van der Waals surface area contributed by atoms with Gasteiger partial charge in [-0.05, 0) is 71.8 Å². The molecule has 0 radical (unpaired) electrons. The van der Waals surface area contributed by atoms with Gasteiger partial charge in [0.1, 0.15) is 11.2 Å². The molecule has 3 aromatic heterocycles. The molecule has 9 heteroatoms. The number of carbonyl (C=O) groups is 1. The summed E-state index contributed by atoms with van der Waals surface area (Å²) in [6.07, 6.45) is 6.45. The molecule has 0 spiro atoms. The number of anilines is 1. The first-order valence-electron chi connectivity index (χ1n) is 9.43. The summed E-state index contributed by atoms with van der Waals surface area (Å²) >= 11 is 6.64. The molecule has 3 heterocycles. The van der Waals surface area contributed by atoms with Crippen LogP contribution in [0.5, 0.6) is 0 Å². The minimum Gasteiger partial charge on any atom is -0.324 e. The molecule has 1 aromatic carbocycles. The van der Waals surface area contributed by atoms with Gasteiger partial charge >= 0.3 is 0 Å². The quantitative estimate of drug-likeness (QED) is 0.409. The molecule has 148 valence electrons. The van der Waals surface area contributed by atoms with E-state index in [0.717, 1.165) is 44.4 Å². The molecule has 1 aliphatic rings. The van der Waals surface area contributed by atoms with Crippen LogP contribution in [0.15, 0.2) is 34.2 Å². The number of amides is 1. The number of halogens is 1. The van der Waals surface area contributed by atoms with Gasteiger partial charge in [-0.25, -0.2) is 4.98 Å². The molecule has 1 N–H and O–H groups in total. The van der Waals surface area contributed by atoms with Gasteiger partial charge in [-0.2, -0.15) is 0 Å². The van der Waals surface area contributed by atoms with E-state index in [4.69, 9.17) is 0 Å². The van der Waals surface area contributed by atoms with Crippen molar-refractivity contribution >= 4 is 66.5 Å². The van der Waals surface area contributed by atoms with E-state index in [2.05, 4.69) is 36.4 Å². The summed E-state index contributed by atoms with van der Waals surface area (Å²) in [5.41, 5.74) is 4.13. The Bertz CT molecular complexity index is 1250. The number of aromatic nitrogens is 4. The van der Waals surface area contributed by atoms with Crippen molar-refractivity contribution in [1.29, 1.82) is 0 Å². The van der Waals surface area contributed by atoms with Gasteiger partial charge < -0.3 is 5.32 Å². The van der Waals surface area contributed by atoms with Crippen LogP contribution in [-0.4, -0.2) is 31.2 Å². The summed E-state index contributed by atoms with van der Waals surface area (Å²) in [4.78, 5) is 19.5. The molecule has 0 atom stereocenters. The molecule has 0 aliphatic heterocycles. The summed E-state index contributed by atoms with van der Waals surface area (Å²) in [5, 5.41) is 13.5. The van der Waals surface area contributed by atoms with Crippen molar-refractivity contribution in [2.24, 2.45) is 0 Å². The van der Waals surface area contributed by atoms with E-state index in [9.17, 15) is 4.79 Å². The van der Waals surface area contributed by atoms with Crippen LogP contribution in [0, 0.1) is 6.92 Å². The highest BCUT2D eigenvalue weighted by molar-refractivity contribution is 9.10. The van der Waals surface area contributed by atoms with Gasteiger partial charge in [0.2, 0.25) is 5.91 Å². The summed E-state index contributed by atoms with van der Waals surface area (Å²) in [5.74, 6) is 0.166. The number of carbonyl (C=O) groups excluding carboxylic acids is 1. The molecule has 0 fully saturated rings. The van der Waals surface area contributed by atoms with Crippen molar-refractivity contribution in [2.75, 3.05) is 11.1 Å². The molecule has 0 saturated carbocycles. The Labute approximate surface area is 184 Å². The van der Waals surface area contributed by atoms with E-state index in [1.165, 1.54) is 35.0 Å². The van der Waals surface area contributed by atoms with Gasteiger partial charge in [-0.15, -0.1) is 21.5 Å². The molecule has 1 aliphatic carbocycles. The topological polar surface area (TPSA) is 72.2 Å². The maximum Gasteiger partial charge on any atom is 0.234 e. The molecule has 0 bridgehead atoms. The predicted molar refractivity (Wildman–Crippen MR) is 121 cm³/mol. The van der Waals surface area contributed by atoms with Gasteiger partial charge in [-0.3, -0.25) is 9.20 Å². The normalized spacial score (nSPS) is 13.7. The van der Waals surface area contributed by atoms with Gasteiger partial charge in [0.05, 0.1) is 16.8 Å². The van der Waals surface area contributed by atoms with Gasteiger partial charge in [0.15, 0.2) is 10.8 Å². The third kappa shape index (κ3) is 3.55. The molecular weight excluding hydrogens is 470 g/mol. The zero-order chi connectivity index (χ0) is 20.0. The number of thioether (sulfide) groups is 1. The fourth-order valence-electron chi connectivity index (χ4n) is 3.67. The highest BCUT2D eigenvalue weighted by Crippen LogP contribution is 2.37. The van der Waals surface area contributed by atoms with E-state index in [-0.39, 0.29) is 11.7 Å². The number of hydrogen-bond acceptors (Lipinski definition) is 6. The number of nitrogens with zero attached hydrogens (tertiary/aromatic N) is 4. The maximum absolute atomic E-state index is 12.4. The Morgan fingerprint density at radius 3 is 3.03 bits per heavy atom. The van der Waals surface area contributed by atoms with Crippen LogP contribution in [0.2, 0.25) is 0 Å². The SMILES string of the molecule is Cc1ccc(NC(=O)CSc2nnc3c4c5c(sc4ncn23)CCCC5)c(Br)c1. The second-order valence-corrected chi connectivity index (χ2v) is 10.0. The Morgan fingerprint density at radius 2 is 2.17 bits per heavy atom. The molecule has 4 aromatic rings. The molecule has 0 saturated heterocycles. The van der Waals surface area contributed by atoms with Crippen molar-refractivity contribution in [3.63, 3.8) is 0 Å². The van der Waals surface area contributed by atoms with Gasteiger partial charge in [-0.1, -0.05) is 17.8 Å². The Kier molecular flexibility index (Phi) is 5.05. The second kappa shape index (κ2) is 7.70. The lowest BCUT2D eigenvalue weighted by Gasteiger charge is -2.10. The lowest BCUT2D eigenvalue weighted by Crippen LogP contribution is -2.14. The fourth-order valence-corrected chi connectivity index (χ4v) is 6.19. The average molecular weight is 488 g/mol. The third-order valence-electron chi connectivity index (χ3n) is 5.06. The standard InChI is InChI=1S/C20H18BrN5OS2/c1-11-6-7-14(13(21)8-11)23-16(27)9-28-20-25-24-18-17-12-4-2-3-5-15(12)29-19(17)22-10-26(18)20/h6-8,10H,2-5,9H2,1H3,(H,23,27). The molecule has 1 amide bonds. The zero-order valence-corrected chi connectivity index (χ0v) is 19.0. The van der Waals surface area contributed by atoms with Gasteiger partial charge in [0.25, 0.3) is 0 Å². The van der Waals surface area contributed by atoms with E-state index in [1.54, 1.807) is 17.7 Å². The number of benzene rings is 1. The molecule has 29 heavy (non-hydrogen) atoms. The minimum absolute atomic E-state index is 0.0850. The van der Waals surface area contributed by atoms with Crippen LogP contribution in [0.1, 0.15) is 28.8 Å².